The van der Waals surface area contributed by atoms with Crippen molar-refractivity contribution in [3.63, 3.8) is 0 Å². The molecule has 22 heavy (non-hydrogen) atoms. The van der Waals surface area contributed by atoms with Gasteiger partial charge in [-0.25, -0.2) is 4.39 Å². The van der Waals surface area contributed by atoms with Crippen LogP contribution in [-0.4, -0.2) is 5.78 Å². The lowest BCUT2D eigenvalue weighted by Gasteiger charge is -2.17. The van der Waals surface area contributed by atoms with E-state index in [-0.39, 0.29) is 23.9 Å². The third-order valence-corrected chi connectivity index (χ3v) is 4.06. The van der Waals surface area contributed by atoms with Gasteiger partial charge in [-0.3, -0.25) is 4.79 Å². The summed E-state index contributed by atoms with van der Waals surface area (Å²) < 4.78 is 15.4. The van der Waals surface area contributed by atoms with Crippen LogP contribution in [0.2, 0.25) is 0 Å². The molecule has 1 unspecified atom stereocenters. The topological polar surface area (TPSA) is 44.0 Å². The fourth-order valence-corrected chi connectivity index (χ4v) is 2.84. The molecular formula is C17H17BrFNO2. The molecule has 2 rings (SSSR count). The van der Waals surface area contributed by atoms with Crippen LogP contribution in [0.3, 0.4) is 0 Å². The average Bonchev–Trinajstić information content (AvgIpc) is 2.47. The molecule has 0 saturated heterocycles. The fraction of sp³-hybridized carbons (Fsp3) is 0.294. The van der Waals surface area contributed by atoms with Crippen LogP contribution in [0.5, 0.6) is 0 Å². The van der Waals surface area contributed by atoms with Crippen molar-refractivity contribution in [2.75, 3.05) is 0 Å². The summed E-state index contributed by atoms with van der Waals surface area (Å²) in [4.78, 5) is 12.3. The van der Waals surface area contributed by atoms with Crippen LogP contribution >= 0.6 is 15.9 Å². The Bertz CT molecular complexity index is 675. The van der Waals surface area contributed by atoms with Crippen molar-refractivity contribution >= 4 is 21.7 Å². The highest BCUT2D eigenvalue weighted by Crippen LogP contribution is 2.30. The van der Waals surface area contributed by atoms with Crippen LogP contribution in [0.4, 0.5) is 4.39 Å². The molecule has 3 nitrogen and oxygen atoms in total. The lowest BCUT2D eigenvalue weighted by Crippen LogP contribution is -2.26. The molecule has 0 N–H and O–H groups in total. The largest absolute Gasteiger partial charge is 0.619 e. The highest BCUT2D eigenvalue weighted by atomic mass is 79.9. The van der Waals surface area contributed by atoms with Gasteiger partial charge in [0, 0.05) is 17.0 Å². The molecule has 0 aliphatic heterocycles. The summed E-state index contributed by atoms with van der Waals surface area (Å²) in [5.41, 5.74) is 0.903. The predicted octanol–water partition coefficient (Wildman–Crippen LogP) is 4.38. The van der Waals surface area contributed by atoms with Crippen LogP contribution in [-0.2, 0) is 0 Å². The monoisotopic (exact) mass is 365 g/mol. The van der Waals surface area contributed by atoms with E-state index in [2.05, 4.69) is 15.9 Å². The molecule has 0 aliphatic rings. The first-order chi connectivity index (χ1) is 10.5. The van der Waals surface area contributed by atoms with Crippen molar-refractivity contribution in [1.29, 1.82) is 0 Å². The number of benzene rings is 1. The smallest absolute Gasteiger partial charge is 0.191 e. The third-order valence-electron chi connectivity index (χ3n) is 3.57. The van der Waals surface area contributed by atoms with Gasteiger partial charge in [-0.1, -0.05) is 35.3 Å². The number of Topliss-reactive ketones (excluding diaryl/α,β-unsaturated/α-hetero) is 1. The zero-order chi connectivity index (χ0) is 16.1. The highest BCUT2D eigenvalue weighted by molar-refractivity contribution is 9.10. The predicted molar refractivity (Wildman–Crippen MR) is 86.1 cm³/mol. The molecule has 0 radical (unpaired) electrons. The van der Waals surface area contributed by atoms with Gasteiger partial charge in [-0.05, 0) is 36.1 Å². The van der Waals surface area contributed by atoms with Gasteiger partial charge in [0.05, 0.1) is 5.56 Å². The Labute approximate surface area is 137 Å². The van der Waals surface area contributed by atoms with E-state index in [1.54, 1.807) is 18.2 Å². The minimum absolute atomic E-state index is 0.147. The molecule has 116 valence electrons. The quantitative estimate of drug-likeness (QED) is 0.433. The van der Waals surface area contributed by atoms with Crippen molar-refractivity contribution in [3.05, 3.63) is 69.3 Å². The van der Waals surface area contributed by atoms with Gasteiger partial charge in [-0.2, -0.15) is 4.73 Å². The summed E-state index contributed by atoms with van der Waals surface area (Å²) in [5.74, 6) is -0.649. The summed E-state index contributed by atoms with van der Waals surface area (Å²) in [6.45, 7) is 2.00. The van der Waals surface area contributed by atoms with Crippen LogP contribution in [0, 0.1) is 11.0 Å². The summed E-state index contributed by atoms with van der Waals surface area (Å²) >= 11 is 3.24. The van der Waals surface area contributed by atoms with Gasteiger partial charge >= 0.3 is 0 Å². The molecule has 0 saturated carbocycles. The number of carbonyl (C=O) groups excluding carboxylic acids is 1. The van der Waals surface area contributed by atoms with Gasteiger partial charge < -0.3 is 5.21 Å². The van der Waals surface area contributed by atoms with Gasteiger partial charge in [0.15, 0.2) is 18.2 Å². The molecule has 1 aromatic heterocycles. The maximum absolute atomic E-state index is 14.1. The van der Waals surface area contributed by atoms with Crippen molar-refractivity contribution < 1.29 is 13.9 Å². The zero-order valence-corrected chi connectivity index (χ0v) is 13.8. The van der Waals surface area contributed by atoms with Gasteiger partial charge in [-0.15, -0.1) is 0 Å². The van der Waals surface area contributed by atoms with Gasteiger partial charge in [0.25, 0.3) is 0 Å². The number of rotatable bonds is 6. The maximum atomic E-state index is 14.1. The van der Waals surface area contributed by atoms with E-state index in [0.717, 1.165) is 6.42 Å². The van der Waals surface area contributed by atoms with Crippen LogP contribution < -0.4 is 4.73 Å². The maximum Gasteiger partial charge on any atom is 0.191 e. The number of halogens is 2. The number of pyridine rings is 1. The minimum atomic E-state index is -0.312. The Balaban J connectivity index is 2.23. The Kier molecular flexibility index (Phi) is 5.66. The molecule has 0 spiro atoms. The summed E-state index contributed by atoms with van der Waals surface area (Å²) in [7, 11) is 0. The van der Waals surface area contributed by atoms with Crippen LogP contribution in [0.1, 0.15) is 48.0 Å². The van der Waals surface area contributed by atoms with E-state index in [1.807, 2.05) is 6.92 Å². The summed E-state index contributed by atoms with van der Waals surface area (Å²) in [6.07, 6.45) is 4.34. The third kappa shape index (κ3) is 4.13. The summed E-state index contributed by atoms with van der Waals surface area (Å²) in [5, 5.41) is 11.3. The first-order valence-corrected chi connectivity index (χ1v) is 7.97. The number of carbonyl (C=O) groups is 1. The van der Waals surface area contributed by atoms with Crippen molar-refractivity contribution in [3.8, 4) is 0 Å². The Morgan fingerprint density at radius 1 is 1.41 bits per heavy atom. The van der Waals surface area contributed by atoms with E-state index in [1.165, 1.54) is 24.5 Å². The first-order valence-electron chi connectivity index (χ1n) is 7.18. The number of aromatic nitrogens is 1. The molecule has 0 fully saturated rings. The molecule has 2 aromatic rings. The Morgan fingerprint density at radius 2 is 2.18 bits per heavy atom. The van der Waals surface area contributed by atoms with E-state index in [0.29, 0.717) is 26.8 Å². The van der Waals surface area contributed by atoms with Crippen LogP contribution in [0.25, 0.3) is 0 Å². The molecule has 0 amide bonds. The van der Waals surface area contributed by atoms with E-state index in [4.69, 9.17) is 0 Å². The lowest BCUT2D eigenvalue weighted by molar-refractivity contribution is -0.605. The first kappa shape index (κ1) is 16.6. The highest BCUT2D eigenvalue weighted by Gasteiger charge is 2.20. The van der Waals surface area contributed by atoms with Crippen molar-refractivity contribution in [2.45, 2.75) is 32.1 Å². The Morgan fingerprint density at radius 3 is 2.82 bits per heavy atom. The number of ketones is 1. The lowest BCUT2D eigenvalue weighted by atomic mass is 9.88. The normalized spacial score (nSPS) is 12.1. The molecule has 1 atom stereocenters. The van der Waals surface area contributed by atoms with E-state index < -0.39 is 0 Å². The molecular weight excluding hydrogens is 349 g/mol. The van der Waals surface area contributed by atoms with Crippen LogP contribution in [0.15, 0.2) is 47.2 Å². The van der Waals surface area contributed by atoms with E-state index >= 15 is 0 Å². The molecule has 1 aromatic carbocycles. The SMILES string of the molecule is CCCC(CC(=O)c1ccc[n+]([O-])c1)c1ccc(Br)cc1F. The number of hydrogen-bond acceptors (Lipinski definition) is 2. The van der Waals surface area contributed by atoms with E-state index in [9.17, 15) is 14.4 Å². The average molecular weight is 366 g/mol. The minimum Gasteiger partial charge on any atom is -0.619 e. The van der Waals surface area contributed by atoms with Crippen molar-refractivity contribution in [2.24, 2.45) is 0 Å². The second-order valence-electron chi connectivity index (χ2n) is 5.23. The number of hydrogen-bond donors (Lipinski definition) is 0. The molecule has 0 aliphatic carbocycles. The zero-order valence-electron chi connectivity index (χ0n) is 12.3. The van der Waals surface area contributed by atoms with Crippen molar-refractivity contribution in [1.82, 2.24) is 0 Å². The standard InChI is InChI=1S/C17H17BrFNO2/c1-2-4-12(15-7-6-14(18)10-16(15)19)9-17(21)13-5-3-8-20(22)11-13/h3,5-8,10-12H,2,4,9H2,1H3. The van der Waals surface area contributed by atoms with Gasteiger partial charge in [0.1, 0.15) is 5.82 Å². The number of nitrogens with zero attached hydrogens (tertiary/aromatic N) is 1. The fourth-order valence-electron chi connectivity index (χ4n) is 2.51. The molecule has 5 heteroatoms. The van der Waals surface area contributed by atoms with Gasteiger partial charge in [0.2, 0.25) is 0 Å². The second-order valence-corrected chi connectivity index (χ2v) is 6.15. The molecule has 1 heterocycles. The second kappa shape index (κ2) is 7.49. The summed E-state index contributed by atoms with van der Waals surface area (Å²) in [6, 6.07) is 8.05. The Hall–Kier alpha value is -1.75. The molecule has 0 bridgehead atoms.